The number of hydrogen-bond acceptors (Lipinski definition) is 1. The number of carbonyl (C=O) groups excluding carboxylic acids is 1. The highest BCUT2D eigenvalue weighted by molar-refractivity contribution is 6.43. The van der Waals surface area contributed by atoms with Crippen LogP contribution in [0.15, 0.2) is 36.4 Å². The van der Waals surface area contributed by atoms with Gasteiger partial charge in [-0.25, -0.2) is 0 Å². The van der Waals surface area contributed by atoms with Crippen LogP contribution in [0.3, 0.4) is 0 Å². The fourth-order valence-corrected chi connectivity index (χ4v) is 4.19. The molecule has 2 aromatic rings. The van der Waals surface area contributed by atoms with Gasteiger partial charge in [-0.2, -0.15) is 0 Å². The van der Waals surface area contributed by atoms with Crippen molar-refractivity contribution in [1.82, 2.24) is 0 Å². The van der Waals surface area contributed by atoms with E-state index in [4.69, 9.17) is 52.1 Å². The van der Waals surface area contributed by atoms with Crippen molar-refractivity contribution in [1.29, 1.82) is 0 Å². The van der Waals surface area contributed by atoms with E-state index in [9.17, 15) is 4.79 Å². The Morgan fingerprint density at radius 3 is 1.88 bits per heavy atom. The van der Waals surface area contributed by atoms with E-state index < -0.39 is 5.91 Å². The number of halogens is 4. The van der Waals surface area contributed by atoms with Crippen LogP contribution in [0.25, 0.3) is 0 Å². The van der Waals surface area contributed by atoms with Crippen LogP contribution in [0, 0.1) is 0 Å². The van der Waals surface area contributed by atoms with Gasteiger partial charge in [-0.3, -0.25) is 4.79 Å². The third kappa shape index (κ3) is 5.07. The lowest BCUT2D eigenvalue weighted by atomic mass is 9.76. The van der Waals surface area contributed by atoms with Crippen LogP contribution >= 0.6 is 46.4 Å². The van der Waals surface area contributed by atoms with E-state index >= 15 is 0 Å². The van der Waals surface area contributed by atoms with E-state index in [0.717, 1.165) is 30.4 Å². The topological polar surface area (TPSA) is 43.1 Å². The van der Waals surface area contributed by atoms with Crippen molar-refractivity contribution in [3.05, 3.63) is 67.6 Å². The number of amides is 1. The zero-order valence-corrected chi connectivity index (χ0v) is 17.5. The fraction of sp³-hybridized carbons (Fsp3) is 0.350. The third-order valence-corrected chi connectivity index (χ3v) is 6.20. The molecule has 2 unspecified atom stereocenters. The molecule has 0 fully saturated rings. The molecule has 2 atom stereocenters. The molecule has 26 heavy (non-hydrogen) atoms. The minimum absolute atomic E-state index is 0.0513. The Kier molecular flexibility index (Phi) is 8.09. The molecule has 6 heteroatoms. The second kappa shape index (κ2) is 9.85. The summed E-state index contributed by atoms with van der Waals surface area (Å²) in [5.74, 6) is -0.684. The van der Waals surface area contributed by atoms with Gasteiger partial charge in [0.2, 0.25) is 5.91 Å². The van der Waals surface area contributed by atoms with E-state index in [-0.39, 0.29) is 18.3 Å². The van der Waals surface area contributed by atoms with E-state index in [1.54, 1.807) is 12.1 Å². The average Bonchev–Trinajstić information content (AvgIpc) is 2.59. The summed E-state index contributed by atoms with van der Waals surface area (Å²) in [6.45, 7) is 2.12. The Bertz CT molecular complexity index is 778. The molecule has 0 radical (unpaired) electrons. The molecule has 0 spiro atoms. The Labute approximate surface area is 174 Å². The number of hydrogen-bond donors (Lipinski definition) is 1. The summed E-state index contributed by atoms with van der Waals surface area (Å²) < 4.78 is 0. The standard InChI is InChI=1S/C20H21Cl4NO/c1-2-3-6-12(13-7-4-9-16(21)19(13)23)15(11-18(25)26)14-8-5-10-17(22)20(14)24/h4-5,7-10,12,15H,2-3,6,11H2,1H3,(H2,25,26). The van der Waals surface area contributed by atoms with Crippen molar-refractivity contribution in [3.63, 3.8) is 0 Å². The van der Waals surface area contributed by atoms with Gasteiger partial charge >= 0.3 is 0 Å². The molecule has 0 aliphatic rings. The lowest BCUT2D eigenvalue weighted by Crippen LogP contribution is -2.21. The van der Waals surface area contributed by atoms with Gasteiger partial charge in [0.25, 0.3) is 0 Å². The molecule has 1 amide bonds. The summed E-state index contributed by atoms with van der Waals surface area (Å²) in [6.07, 6.45) is 2.97. The summed E-state index contributed by atoms with van der Waals surface area (Å²) in [7, 11) is 0. The summed E-state index contributed by atoms with van der Waals surface area (Å²) in [5, 5.41) is 1.88. The first-order valence-electron chi connectivity index (χ1n) is 8.52. The maximum absolute atomic E-state index is 11.8. The smallest absolute Gasteiger partial charge is 0.218 e. The van der Waals surface area contributed by atoms with E-state index in [1.165, 1.54) is 0 Å². The average molecular weight is 433 g/mol. The predicted molar refractivity (Wildman–Crippen MR) is 112 cm³/mol. The van der Waals surface area contributed by atoms with Gasteiger partial charge in [0.05, 0.1) is 20.1 Å². The van der Waals surface area contributed by atoms with Crippen molar-refractivity contribution < 1.29 is 4.79 Å². The third-order valence-electron chi connectivity index (χ3n) is 4.54. The lowest BCUT2D eigenvalue weighted by molar-refractivity contribution is -0.118. The number of primary amides is 1. The zero-order chi connectivity index (χ0) is 19.3. The molecule has 2 rings (SSSR count). The quantitative estimate of drug-likeness (QED) is 0.469. The van der Waals surface area contributed by atoms with Gasteiger partial charge in [0.15, 0.2) is 0 Å². The number of benzene rings is 2. The summed E-state index contributed by atoms with van der Waals surface area (Å²) in [6, 6.07) is 11.0. The number of nitrogens with two attached hydrogens (primary N) is 1. The van der Waals surface area contributed by atoms with Gasteiger partial charge in [-0.1, -0.05) is 90.4 Å². The van der Waals surface area contributed by atoms with Crippen molar-refractivity contribution >= 4 is 52.3 Å². The summed E-state index contributed by atoms with van der Waals surface area (Å²) in [5.41, 5.74) is 7.26. The molecular formula is C20H21Cl4NO. The van der Waals surface area contributed by atoms with E-state index in [0.29, 0.717) is 20.1 Å². The minimum Gasteiger partial charge on any atom is -0.370 e. The van der Waals surface area contributed by atoms with Crippen LogP contribution < -0.4 is 5.73 Å². The molecule has 140 valence electrons. The zero-order valence-electron chi connectivity index (χ0n) is 14.4. The van der Waals surface area contributed by atoms with Gasteiger partial charge in [-0.15, -0.1) is 0 Å². The number of rotatable bonds is 8. The molecule has 0 aliphatic heterocycles. The second-order valence-corrected chi connectivity index (χ2v) is 7.88. The summed E-state index contributed by atoms with van der Waals surface area (Å²) >= 11 is 25.4. The second-order valence-electron chi connectivity index (χ2n) is 6.31. The first kappa shape index (κ1) is 21.4. The van der Waals surface area contributed by atoms with Crippen LogP contribution in [0.5, 0.6) is 0 Å². The van der Waals surface area contributed by atoms with Crippen LogP contribution in [-0.4, -0.2) is 5.91 Å². The van der Waals surface area contributed by atoms with Crippen LogP contribution in [0.4, 0.5) is 0 Å². The van der Waals surface area contributed by atoms with Crippen LogP contribution in [0.1, 0.15) is 55.6 Å². The molecule has 0 aromatic heterocycles. The van der Waals surface area contributed by atoms with E-state index in [1.807, 2.05) is 24.3 Å². The van der Waals surface area contributed by atoms with Gasteiger partial charge in [0, 0.05) is 12.3 Å². The Morgan fingerprint density at radius 1 is 0.923 bits per heavy atom. The molecule has 0 bridgehead atoms. The Morgan fingerprint density at radius 2 is 1.42 bits per heavy atom. The largest absolute Gasteiger partial charge is 0.370 e. The van der Waals surface area contributed by atoms with Gasteiger partial charge in [0.1, 0.15) is 0 Å². The Hall–Kier alpha value is -0.930. The van der Waals surface area contributed by atoms with Crippen LogP contribution in [0.2, 0.25) is 20.1 Å². The molecule has 0 saturated carbocycles. The molecule has 0 aliphatic carbocycles. The number of carbonyl (C=O) groups is 1. The molecule has 0 saturated heterocycles. The normalized spacial score (nSPS) is 13.4. The molecular weight excluding hydrogens is 412 g/mol. The highest BCUT2D eigenvalue weighted by Gasteiger charge is 2.30. The monoisotopic (exact) mass is 431 g/mol. The van der Waals surface area contributed by atoms with Crippen molar-refractivity contribution in [2.75, 3.05) is 0 Å². The highest BCUT2D eigenvalue weighted by atomic mass is 35.5. The first-order chi connectivity index (χ1) is 12.4. The van der Waals surface area contributed by atoms with Crippen molar-refractivity contribution in [2.24, 2.45) is 5.73 Å². The Balaban J connectivity index is 2.60. The van der Waals surface area contributed by atoms with Gasteiger partial charge in [-0.05, 0) is 35.6 Å². The van der Waals surface area contributed by atoms with Crippen LogP contribution in [-0.2, 0) is 4.79 Å². The minimum atomic E-state index is -0.398. The molecule has 2 nitrogen and oxygen atoms in total. The SMILES string of the molecule is CCCCC(c1cccc(Cl)c1Cl)C(CC(N)=O)c1cccc(Cl)c1Cl. The maximum Gasteiger partial charge on any atom is 0.218 e. The predicted octanol–water partition coefficient (Wildman–Crippen LogP) is 7.23. The summed E-state index contributed by atoms with van der Waals surface area (Å²) in [4.78, 5) is 11.8. The lowest BCUT2D eigenvalue weighted by Gasteiger charge is -2.29. The highest BCUT2D eigenvalue weighted by Crippen LogP contribution is 2.46. The maximum atomic E-state index is 11.8. The molecule has 2 aromatic carbocycles. The fourth-order valence-electron chi connectivity index (χ4n) is 3.30. The number of unbranched alkanes of at least 4 members (excludes halogenated alkanes) is 1. The molecule has 0 heterocycles. The molecule has 2 N–H and O–H groups in total. The van der Waals surface area contributed by atoms with Gasteiger partial charge < -0.3 is 5.73 Å². The van der Waals surface area contributed by atoms with Crippen molar-refractivity contribution in [3.8, 4) is 0 Å². The van der Waals surface area contributed by atoms with Crippen molar-refractivity contribution in [2.45, 2.75) is 44.4 Å². The first-order valence-corrected chi connectivity index (χ1v) is 10.0. The van der Waals surface area contributed by atoms with E-state index in [2.05, 4.69) is 6.92 Å².